The molecule has 0 aliphatic carbocycles. The predicted octanol–water partition coefficient (Wildman–Crippen LogP) is 3.59. The second kappa shape index (κ2) is 7.96. The van der Waals surface area contributed by atoms with E-state index in [9.17, 15) is 4.79 Å². The molecule has 3 aromatic rings. The van der Waals surface area contributed by atoms with Crippen molar-refractivity contribution in [1.29, 1.82) is 0 Å². The van der Waals surface area contributed by atoms with E-state index in [0.29, 0.717) is 13.0 Å². The first-order valence-electron chi connectivity index (χ1n) is 9.33. The quantitative estimate of drug-likeness (QED) is 0.678. The van der Waals surface area contributed by atoms with Crippen molar-refractivity contribution < 1.29 is 9.53 Å². The van der Waals surface area contributed by atoms with E-state index in [-0.39, 0.29) is 5.91 Å². The molecule has 0 unspecified atom stereocenters. The molecular weight excluding hydrogens is 358 g/mol. The van der Waals surface area contributed by atoms with Crippen molar-refractivity contribution in [1.82, 2.24) is 9.88 Å². The van der Waals surface area contributed by atoms with E-state index in [2.05, 4.69) is 11.0 Å². The normalized spacial score (nSPS) is 14.6. The second-order valence-corrected chi connectivity index (χ2v) is 7.60. The highest BCUT2D eigenvalue weighted by Crippen LogP contribution is 2.32. The summed E-state index contributed by atoms with van der Waals surface area (Å²) in [5.74, 6) is 1.09. The van der Waals surface area contributed by atoms with Gasteiger partial charge in [0.2, 0.25) is 5.91 Å². The molecular formula is C21H23N3O2S. The van der Waals surface area contributed by atoms with Crippen molar-refractivity contribution in [2.45, 2.75) is 13.3 Å². The number of hydrogen-bond donors (Lipinski definition) is 0. The Labute approximate surface area is 163 Å². The first-order valence-corrected chi connectivity index (χ1v) is 10.1. The molecule has 1 amide bonds. The van der Waals surface area contributed by atoms with Gasteiger partial charge in [0.15, 0.2) is 5.13 Å². The molecule has 0 bridgehead atoms. The summed E-state index contributed by atoms with van der Waals surface area (Å²) in [7, 11) is 0. The van der Waals surface area contributed by atoms with E-state index in [1.807, 2.05) is 54.3 Å². The SMILES string of the molecule is CCOc1ccc2nc(N3CCN(C(=O)Cc4ccccc4)CC3)sc2c1. The Hall–Kier alpha value is -2.60. The summed E-state index contributed by atoms with van der Waals surface area (Å²) in [6.07, 6.45) is 0.474. The molecule has 1 saturated heterocycles. The van der Waals surface area contributed by atoms with E-state index in [0.717, 1.165) is 52.8 Å². The fraction of sp³-hybridized carbons (Fsp3) is 0.333. The smallest absolute Gasteiger partial charge is 0.227 e. The summed E-state index contributed by atoms with van der Waals surface area (Å²) < 4.78 is 6.72. The van der Waals surface area contributed by atoms with Gasteiger partial charge in [-0.2, -0.15) is 0 Å². The molecule has 0 radical (unpaired) electrons. The van der Waals surface area contributed by atoms with Crippen LogP contribution in [0.3, 0.4) is 0 Å². The lowest BCUT2D eigenvalue weighted by molar-refractivity contribution is -0.130. The zero-order valence-corrected chi connectivity index (χ0v) is 16.2. The summed E-state index contributed by atoms with van der Waals surface area (Å²) >= 11 is 1.69. The van der Waals surface area contributed by atoms with Gasteiger partial charge in [-0.15, -0.1) is 0 Å². The van der Waals surface area contributed by atoms with Gasteiger partial charge >= 0.3 is 0 Å². The molecule has 0 spiro atoms. The van der Waals surface area contributed by atoms with Crippen LogP contribution in [0.25, 0.3) is 10.2 Å². The summed E-state index contributed by atoms with van der Waals surface area (Å²) in [5.41, 5.74) is 2.07. The maximum absolute atomic E-state index is 12.5. The van der Waals surface area contributed by atoms with Crippen LogP contribution in [-0.2, 0) is 11.2 Å². The highest BCUT2D eigenvalue weighted by Gasteiger charge is 2.23. The molecule has 1 aromatic heterocycles. The minimum Gasteiger partial charge on any atom is -0.494 e. The second-order valence-electron chi connectivity index (χ2n) is 6.59. The molecule has 27 heavy (non-hydrogen) atoms. The van der Waals surface area contributed by atoms with E-state index in [1.165, 1.54) is 0 Å². The van der Waals surface area contributed by atoms with Crippen LogP contribution in [-0.4, -0.2) is 48.6 Å². The molecule has 1 aliphatic heterocycles. The Bertz CT molecular complexity index is 918. The maximum atomic E-state index is 12.5. The molecule has 1 aliphatic rings. The van der Waals surface area contributed by atoms with Gasteiger partial charge in [-0.1, -0.05) is 41.7 Å². The van der Waals surface area contributed by atoms with Crippen LogP contribution in [0.5, 0.6) is 5.75 Å². The van der Waals surface area contributed by atoms with Gasteiger partial charge in [-0.3, -0.25) is 4.79 Å². The summed E-state index contributed by atoms with van der Waals surface area (Å²) in [4.78, 5) is 21.5. The first kappa shape index (κ1) is 17.8. The highest BCUT2D eigenvalue weighted by atomic mass is 32.1. The third-order valence-corrected chi connectivity index (χ3v) is 5.84. The highest BCUT2D eigenvalue weighted by molar-refractivity contribution is 7.22. The number of anilines is 1. The van der Waals surface area contributed by atoms with Gasteiger partial charge < -0.3 is 14.5 Å². The van der Waals surface area contributed by atoms with Gasteiger partial charge in [0.25, 0.3) is 0 Å². The number of fused-ring (bicyclic) bond motifs is 1. The number of carbonyl (C=O) groups is 1. The topological polar surface area (TPSA) is 45.7 Å². The largest absolute Gasteiger partial charge is 0.494 e. The summed E-state index contributed by atoms with van der Waals surface area (Å²) in [6.45, 7) is 5.77. The molecule has 2 heterocycles. The van der Waals surface area contributed by atoms with E-state index in [4.69, 9.17) is 9.72 Å². The lowest BCUT2D eigenvalue weighted by atomic mass is 10.1. The van der Waals surface area contributed by atoms with Crippen LogP contribution >= 0.6 is 11.3 Å². The number of benzene rings is 2. The third-order valence-electron chi connectivity index (χ3n) is 4.76. The Morgan fingerprint density at radius 2 is 1.89 bits per heavy atom. The first-order chi connectivity index (χ1) is 13.2. The van der Waals surface area contributed by atoms with E-state index < -0.39 is 0 Å². The maximum Gasteiger partial charge on any atom is 0.227 e. The standard InChI is InChI=1S/C21H23N3O2S/c1-2-26-17-8-9-18-19(15-17)27-21(22-18)24-12-10-23(11-13-24)20(25)14-16-6-4-3-5-7-16/h3-9,15H,2,10-14H2,1H3. The number of amides is 1. The molecule has 140 valence electrons. The van der Waals surface area contributed by atoms with Gasteiger partial charge in [0.05, 0.1) is 23.2 Å². The van der Waals surface area contributed by atoms with E-state index in [1.54, 1.807) is 11.3 Å². The fourth-order valence-corrected chi connectivity index (χ4v) is 4.36. The zero-order valence-electron chi connectivity index (χ0n) is 15.4. The molecule has 4 rings (SSSR count). The van der Waals surface area contributed by atoms with Gasteiger partial charge in [-0.05, 0) is 30.7 Å². The van der Waals surface area contributed by atoms with Crippen LogP contribution in [0.2, 0.25) is 0 Å². The van der Waals surface area contributed by atoms with Crippen molar-refractivity contribution in [3.8, 4) is 5.75 Å². The van der Waals surface area contributed by atoms with Crippen LogP contribution in [0.15, 0.2) is 48.5 Å². The van der Waals surface area contributed by atoms with Crippen molar-refractivity contribution in [3.05, 3.63) is 54.1 Å². The number of aromatic nitrogens is 1. The van der Waals surface area contributed by atoms with Gasteiger partial charge in [0, 0.05) is 26.2 Å². The van der Waals surface area contributed by atoms with Crippen LogP contribution in [0.1, 0.15) is 12.5 Å². The minimum absolute atomic E-state index is 0.200. The molecule has 0 saturated carbocycles. The number of hydrogen-bond acceptors (Lipinski definition) is 5. The number of carbonyl (C=O) groups excluding carboxylic acids is 1. The van der Waals surface area contributed by atoms with Crippen LogP contribution in [0, 0.1) is 0 Å². The van der Waals surface area contributed by atoms with Gasteiger partial charge in [0.1, 0.15) is 5.75 Å². The van der Waals surface area contributed by atoms with Gasteiger partial charge in [-0.25, -0.2) is 4.98 Å². The monoisotopic (exact) mass is 381 g/mol. The Morgan fingerprint density at radius 1 is 1.11 bits per heavy atom. The van der Waals surface area contributed by atoms with Crippen molar-refractivity contribution in [2.24, 2.45) is 0 Å². The Morgan fingerprint density at radius 3 is 2.63 bits per heavy atom. The Kier molecular flexibility index (Phi) is 5.25. The molecule has 6 heteroatoms. The average molecular weight is 382 g/mol. The number of thiazole rings is 1. The van der Waals surface area contributed by atoms with Crippen molar-refractivity contribution in [2.75, 3.05) is 37.7 Å². The number of piperazine rings is 1. The van der Waals surface area contributed by atoms with Crippen molar-refractivity contribution in [3.63, 3.8) is 0 Å². The van der Waals surface area contributed by atoms with Crippen molar-refractivity contribution >= 4 is 32.6 Å². The zero-order chi connectivity index (χ0) is 18.6. The number of rotatable bonds is 5. The molecule has 2 aromatic carbocycles. The third kappa shape index (κ3) is 4.06. The Balaban J connectivity index is 1.38. The van der Waals surface area contributed by atoms with E-state index >= 15 is 0 Å². The molecule has 5 nitrogen and oxygen atoms in total. The lowest BCUT2D eigenvalue weighted by Crippen LogP contribution is -2.49. The number of ether oxygens (including phenoxy) is 1. The van der Waals surface area contributed by atoms with Crippen LogP contribution < -0.4 is 9.64 Å². The lowest BCUT2D eigenvalue weighted by Gasteiger charge is -2.34. The fourth-order valence-electron chi connectivity index (χ4n) is 3.31. The summed E-state index contributed by atoms with van der Waals surface area (Å²) in [6, 6.07) is 16.0. The average Bonchev–Trinajstić information content (AvgIpc) is 3.12. The molecule has 0 atom stereocenters. The summed E-state index contributed by atoms with van der Waals surface area (Å²) in [5, 5.41) is 1.02. The van der Waals surface area contributed by atoms with Crippen LogP contribution in [0.4, 0.5) is 5.13 Å². The number of nitrogens with zero attached hydrogens (tertiary/aromatic N) is 3. The minimum atomic E-state index is 0.200. The molecule has 0 N–H and O–H groups in total. The predicted molar refractivity (Wildman–Crippen MR) is 110 cm³/mol. The molecule has 1 fully saturated rings.